The molecule has 1 aromatic carbocycles. The zero-order chi connectivity index (χ0) is 12.4. The number of hydrogen-bond acceptors (Lipinski definition) is 4. The smallest absolute Gasteiger partial charge is 0.185 e. The number of benzene rings is 1. The van der Waals surface area contributed by atoms with Crippen LogP contribution in [0.1, 0.15) is 34.1 Å². The van der Waals surface area contributed by atoms with Gasteiger partial charge in [0.05, 0.1) is 12.7 Å². The van der Waals surface area contributed by atoms with Gasteiger partial charge in [-0.25, -0.2) is 0 Å². The number of thiophene rings is 1. The molecule has 0 N–H and O–H groups in total. The van der Waals surface area contributed by atoms with E-state index in [1.807, 2.05) is 13.0 Å². The van der Waals surface area contributed by atoms with E-state index in [-0.39, 0.29) is 5.78 Å². The molecule has 1 aromatic heterocycles. The minimum Gasteiger partial charge on any atom is -0.487 e. The van der Waals surface area contributed by atoms with Crippen LogP contribution in [0.5, 0.6) is 5.06 Å². The SMILES string of the molecule is CCC(=O)c1ccc2sc(OC)c(C=O)c2c1. The molecule has 0 aliphatic rings. The molecule has 4 heteroatoms. The Kier molecular flexibility index (Phi) is 3.24. The van der Waals surface area contributed by atoms with E-state index >= 15 is 0 Å². The highest BCUT2D eigenvalue weighted by atomic mass is 32.1. The third kappa shape index (κ3) is 1.96. The van der Waals surface area contributed by atoms with Gasteiger partial charge in [-0.3, -0.25) is 9.59 Å². The summed E-state index contributed by atoms with van der Waals surface area (Å²) in [5.41, 5.74) is 1.17. The fourth-order valence-electron chi connectivity index (χ4n) is 1.74. The van der Waals surface area contributed by atoms with Gasteiger partial charge in [0.25, 0.3) is 0 Å². The Labute approximate surface area is 103 Å². The first-order chi connectivity index (χ1) is 8.21. The highest BCUT2D eigenvalue weighted by Crippen LogP contribution is 2.36. The first-order valence-electron chi connectivity index (χ1n) is 5.30. The van der Waals surface area contributed by atoms with Crippen molar-refractivity contribution in [1.29, 1.82) is 0 Å². The number of fused-ring (bicyclic) bond motifs is 1. The average Bonchev–Trinajstić information content (AvgIpc) is 2.74. The van der Waals surface area contributed by atoms with Gasteiger partial charge in [0, 0.05) is 22.1 Å². The predicted octanol–water partition coefficient (Wildman–Crippen LogP) is 3.32. The third-order valence-corrected chi connectivity index (χ3v) is 3.79. The molecule has 0 fully saturated rings. The summed E-state index contributed by atoms with van der Waals surface area (Å²) in [5.74, 6) is 0.0777. The number of ether oxygens (including phenoxy) is 1. The lowest BCUT2D eigenvalue weighted by Crippen LogP contribution is -1.95. The molecule has 0 amide bonds. The highest BCUT2D eigenvalue weighted by Gasteiger charge is 2.13. The summed E-state index contributed by atoms with van der Waals surface area (Å²) < 4.78 is 6.11. The molecular weight excluding hydrogens is 236 g/mol. The number of carbonyl (C=O) groups excluding carboxylic acids is 2. The molecule has 17 heavy (non-hydrogen) atoms. The van der Waals surface area contributed by atoms with Crippen molar-refractivity contribution in [2.75, 3.05) is 7.11 Å². The number of methoxy groups -OCH3 is 1. The van der Waals surface area contributed by atoms with Crippen LogP contribution in [-0.4, -0.2) is 19.2 Å². The maximum atomic E-state index is 11.6. The van der Waals surface area contributed by atoms with Crippen LogP contribution in [0, 0.1) is 0 Å². The van der Waals surface area contributed by atoms with Crippen LogP contribution in [0.2, 0.25) is 0 Å². The lowest BCUT2D eigenvalue weighted by Gasteiger charge is -1.98. The summed E-state index contributed by atoms with van der Waals surface area (Å²) in [7, 11) is 1.54. The van der Waals surface area contributed by atoms with Gasteiger partial charge in [0.15, 0.2) is 17.1 Å². The largest absolute Gasteiger partial charge is 0.487 e. The lowest BCUT2D eigenvalue weighted by atomic mass is 10.1. The van der Waals surface area contributed by atoms with Crippen molar-refractivity contribution in [3.8, 4) is 5.06 Å². The molecule has 1 heterocycles. The van der Waals surface area contributed by atoms with Gasteiger partial charge in [-0.1, -0.05) is 18.3 Å². The Balaban J connectivity index is 2.66. The average molecular weight is 248 g/mol. The van der Waals surface area contributed by atoms with Crippen molar-refractivity contribution in [2.45, 2.75) is 13.3 Å². The molecule has 0 atom stereocenters. The third-order valence-electron chi connectivity index (χ3n) is 2.64. The number of ketones is 1. The molecule has 0 saturated carbocycles. The Morgan fingerprint density at radius 2 is 2.24 bits per heavy atom. The molecule has 0 bridgehead atoms. The summed E-state index contributed by atoms with van der Waals surface area (Å²) in [5, 5.41) is 1.39. The molecule has 88 valence electrons. The van der Waals surface area contributed by atoms with Crippen LogP contribution in [-0.2, 0) is 0 Å². The van der Waals surface area contributed by atoms with Crippen molar-refractivity contribution in [3.05, 3.63) is 29.3 Å². The maximum Gasteiger partial charge on any atom is 0.185 e. The standard InChI is InChI=1S/C13H12O3S/c1-3-11(15)8-4-5-12-9(6-8)10(7-14)13(16-2)17-12/h4-7H,3H2,1-2H3. The lowest BCUT2D eigenvalue weighted by molar-refractivity contribution is 0.0987. The summed E-state index contributed by atoms with van der Waals surface area (Å²) >= 11 is 1.41. The van der Waals surface area contributed by atoms with Gasteiger partial charge in [-0.2, -0.15) is 0 Å². The Bertz CT molecular complexity index is 584. The molecule has 0 aliphatic heterocycles. The Morgan fingerprint density at radius 1 is 1.47 bits per heavy atom. The fourth-order valence-corrected chi connectivity index (χ4v) is 2.70. The van der Waals surface area contributed by atoms with Gasteiger partial charge in [0.1, 0.15) is 0 Å². The van der Waals surface area contributed by atoms with E-state index in [0.717, 1.165) is 16.4 Å². The van der Waals surface area contributed by atoms with Crippen molar-refractivity contribution in [3.63, 3.8) is 0 Å². The van der Waals surface area contributed by atoms with E-state index in [9.17, 15) is 9.59 Å². The second-order valence-corrected chi connectivity index (χ2v) is 4.63. The summed E-state index contributed by atoms with van der Waals surface area (Å²) in [6, 6.07) is 5.42. The second kappa shape index (κ2) is 4.67. The Morgan fingerprint density at radius 3 is 2.82 bits per heavy atom. The zero-order valence-corrected chi connectivity index (χ0v) is 10.5. The monoisotopic (exact) mass is 248 g/mol. The van der Waals surface area contributed by atoms with Gasteiger partial charge >= 0.3 is 0 Å². The maximum absolute atomic E-state index is 11.6. The quantitative estimate of drug-likeness (QED) is 0.615. The van der Waals surface area contributed by atoms with E-state index in [1.54, 1.807) is 12.1 Å². The Hall–Kier alpha value is -1.68. The minimum atomic E-state index is 0.0777. The van der Waals surface area contributed by atoms with Crippen molar-refractivity contribution in [1.82, 2.24) is 0 Å². The highest BCUT2D eigenvalue weighted by molar-refractivity contribution is 7.21. The molecular formula is C13H12O3S. The van der Waals surface area contributed by atoms with Crippen molar-refractivity contribution < 1.29 is 14.3 Å². The number of Topliss-reactive ketones (excluding diaryl/α,β-unsaturated/α-hetero) is 1. The van der Waals surface area contributed by atoms with Crippen molar-refractivity contribution >= 4 is 33.5 Å². The van der Waals surface area contributed by atoms with Crippen LogP contribution in [0.25, 0.3) is 10.1 Å². The second-order valence-electron chi connectivity index (χ2n) is 3.61. The molecule has 2 rings (SSSR count). The minimum absolute atomic E-state index is 0.0777. The molecule has 0 unspecified atom stereocenters. The van der Waals surface area contributed by atoms with E-state index < -0.39 is 0 Å². The summed E-state index contributed by atoms with van der Waals surface area (Å²) in [6.07, 6.45) is 1.24. The number of hydrogen-bond donors (Lipinski definition) is 0. The van der Waals surface area contributed by atoms with Crippen LogP contribution < -0.4 is 4.74 Å². The molecule has 0 saturated heterocycles. The number of rotatable bonds is 4. The van der Waals surface area contributed by atoms with E-state index in [0.29, 0.717) is 22.6 Å². The van der Waals surface area contributed by atoms with Gasteiger partial charge < -0.3 is 4.74 Å². The van der Waals surface area contributed by atoms with Gasteiger partial charge in [-0.15, -0.1) is 0 Å². The van der Waals surface area contributed by atoms with Gasteiger partial charge in [-0.05, 0) is 18.2 Å². The molecule has 2 aromatic rings. The fraction of sp³-hybridized carbons (Fsp3) is 0.231. The summed E-state index contributed by atoms with van der Waals surface area (Å²) in [6.45, 7) is 1.82. The molecule has 0 radical (unpaired) electrons. The first-order valence-corrected chi connectivity index (χ1v) is 6.11. The van der Waals surface area contributed by atoms with Crippen LogP contribution >= 0.6 is 11.3 Å². The van der Waals surface area contributed by atoms with Crippen LogP contribution in [0.15, 0.2) is 18.2 Å². The van der Waals surface area contributed by atoms with Crippen LogP contribution in [0.3, 0.4) is 0 Å². The van der Waals surface area contributed by atoms with Gasteiger partial charge in [0.2, 0.25) is 0 Å². The molecule has 0 aliphatic carbocycles. The van der Waals surface area contributed by atoms with E-state index in [1.165, 1.54) is 18.4 Å². The topological polar surface area (TPSA) is 43.4 Å². The zero-order valence-electron chi connectivity index (χ0n) is 9.65. The van der Waals surface area contributed by atoms with Crippen LogP contribution in [0.4, 0.5) is 0 Å². The van der Waals surface area contributed by atoms with E-state index in [2.05, 4.69) is 0 Å². The van der Waals surface area contributed by atoms with Crippen molar-refractivity contribution in [2.24, 2.45) is 0 Å². The summed E-state index contributed by atoms with van der Waals surface area (Å²) in [4.78, 5) is 22.7. The number of aldehydes is 1. The first kappa shape index (κ1) is 11.8. The number of carbonyl (C=O) groups is 2. The normalized spacial score (nSPS) is 10.5. The van der Waals surface area contributed by atoms with E-state index in [4.69, 9.17) is 4.74 Å². The molecule has 0 spiro atoms. The predicted molar refractivity (Wildman–Crippen MR) is 68.4 cm³/mol. The molecule has 3 nitrogen and oxygen atoms in total.